The molecule has 2 N–H and O–H groups in total. The Morgan fingerprint density at radius 1 is 1.53 bits per heavy atom. The predicted molar refractivity (Wildman–Crippen MR) is 72.1 cm³/mol. The van der Waals surface area contributed by atoms with Crippen molar-refractivity contribution in [1.29, 1.82) is 0 Å². The van der Waals surface area contributed by atoms with Gasteiger partial charge in [-0.3, -0.25) is 0 Å². The van der Waals surface area contributed by atoms with E-state index in [0.717, 1.165) is 5.56 Å². The summed E-state index contributed by atoms with van der Waals surface area (Å²) in [4.78, 5) is 0. The Hall–Kier alpha value is -0.290. The van der Waals surface area contributed by atoms with Crippen LogP contribution in [-0.4, -0.2) is 29.3 Å². The Bertz CT molecular complexity index is 360. The van der Waals surface area contributed by atoms with Crippen LogP contribution in [0.25, 0.3) is 0 Å². The number of benzene rings is 1. The van der Waals surface area contributed by atoms with Gasteiger partial charge in [-0.1, -0.05) is 17.7 Å². The van der Waals surface area contributed by atoms with E-state index in [1.165, 1.54) is 6.07 Å². The maximum atomic E-state index is 13.2. The number of halogens is 2. The van der Waals surface area contributed by atoms with Crippen molar-refractivity contribution >= 4 is 23.4 Å². The highest BCUT2D eigenvalue weighted by Crippen LogP contribution is 2.16. The van der Waals surface area contributed by atoms with Gasteiger partial charge in [-0.25, -0.2) is 4.39 Å². The van der Waals surface area contributed by atoms with Crippen LogP contribution in [0.1, 0.15) is 12.5 Å². The Kier molecular flexibility index (Phi) is 6.27. The van der Waals surface area contributed by atoms with Gasteiger partial charge in [0, 0.05) is 17.8 Å². The monoisotopic (exact) mass is 277 g/mol. The molecular weight excluding hydrogens is 261 g/mol. The first-order valence-corrected chi connectivity index (χ1v) is 7.06. The zero-order valence-electron chi connectivity index (χ0n) is 9.91. The summed E-state index contributed by atoms with van der Waals surface area (Å²) in [7, 11) is 0. The van der Waals surface area contributed by atoms with Crippen LogP contribution in [0.4, 0.5) is 4.39 Å². The molecule has 0 amide bonds. The van der Waals surface area contributed by atoms with Gasteiger partial charge >= 0.3 is 0 Å². The molecule has 0 fully saturated rings. The van der Waals surface area contributed by atoms with E-state index >= 15 is 0 Å². The van der Waals surface area contributed by atoms with Gasteiger partial charge in [0.15, 0.2) is 0 Å². The smallest absolute Gasteiger partial charge is 0.142 e. The van der Waals surface area contributed by atoms with Crippen molar-refractivity contribution in [2.24, 2.45) is 0 Å². The lowest BCUT2D eigenvalue weighted by Crippen LogP contribution is -2.37. The molecule has 0 radical (unpaired) electrons. The van der Waals surface area contributed by atoms with E-state index in [9.17, 15) is 4.39 Å². The molecule has 1 aromatic carbocycles. The fourth-order valence-electron chi connectivity index (χ4n) is 1.50. The number of aliphatic hydroxyl groups excluding tert-OH is 1. The maximum absolute atomic E-state index is 13.2. The topological polar surface area (TPSA) is 32.3 Å². The highest BCUT2D eigenvalue weighted by atomic mass is 35.5. The van der Waals surface area contributed by atoms with E-state index in [0.29, 0.717) is 6.54 Å². The average Bonchev–Trinajstić information content (AvgIpc) is 2.32. The van der Waals surface area contributed by atoms with Gasteiger partial charge in [-0.15, -0.1) is 0 Å². The molecule has 5 heteroatoms. The van der Waals surface area contributed by atoms with Crippen LogP contribution in [0.5, 0.6) is 0 Å². The Morgan fingerprint density at radius 3 is 2.76 bits per heavy atom. The lowest BCUT2D eigenvalue weighted by molar-refractivity contribution is 0.276. The van der Waals surface area contributed by atoms with Crippen LogP contribution < -0.4 is 5.32 Å². The van der Waals surface area contributed by atoms with Crippen LogP contribution in [0, 0.1) is 5.82 Å². The van der Waals surface area contributed by atoms with E-state index < -0.39 is 5.82 Å². The Balaban J connectivity index is 2.52. The molecule has 0 aromatic heterocycles. The minimum Gasteiger partial charge on any atom is -0.395 e. The number of rotatable bonds is 6. The van der Waals surface area contributed by atoms with Crippen LogP contribution >= 0.6 is 23.4 Å². The van der Waals surface area contributed by atoms with Crippen molar-refractivity contribution in [2.45, 2.75) is 24.8 Å². The van der Waals surface area contributed by atoms with Gasteiger partial charge in [-0.05, 0) is 30.9 Å². The van der Waals surface area contributed by atoms with Gasteiger partial charge in [-0.2, -0.15) is 11.8 Å². The van der Waals surface area contributed by atoms with Crippen molar-refractivity contribution in [1.82, 2.24) is 5.32 Å². The second-order valence-corrected chi connectivity index (χ2v) is 5.36. The minimum atomic E-state index is -0.401. The number of hydrogen-bond acceptors (Lipinski definition) is 3. The quantitative estimate of drug-likeness (QED) is 0.839. The van der Waals surface area contributed by atoms with Crippen LogP contribution in [0.15, 0.2) is 18.2 Å². The van der Waals surface area contributed by atoms with Crippen molar-refractivity contribution < 1.29 is 9.50 Å². The SMILES string of the molecule is CSC(CO)C(C)NCc1ccc(Cl)c(F)c1. The fraction of sp³-hybridized carbons (Fsp3) is 0.500. The van der Waals surface area contributed by atoms with E-state index in [1.54, 1.807) is 23.9 Å². The first-order chi connectivity index (χ1) is 8.08. The second kappa shape index (κ2) is 7.21. The van der Waals surface area contributed by atoms with E-state index in [-0.39, 0.29) is 22.9 Å². The molecule has 0 spiro atoms. The number of thioether (sulfide) groups is 1. The van der Waals surface area contributed by atoms with Gasteiger partial charge < -0.3 is 10.4 Å². The Morgan fingerprint density at radius 2 is 2.24 bits per heavy atom. The van der Waals surface area contributed by atoms with Crippen molar-refractivity contribution in [2.75, 3.05) is 12.9 Å². The third kappa shape index (κ3) is 4.47. The molecule has 0 saturated carbocycles. The lowest BCUT2D eigenvalue weighted by Gasteiger charge is -2.21. The average molecular weight is 278 g/mol. The number of aliphatic hydroxyl groups is 1. The molecule has 96 valence electrons. The number of hydrogen-bond donors (Lipinski definition) is 2. The molecule has 0 heterocycles. The summed E-state index contributed by atoms with van der Waals surface area (Å²) in [6.07, 6.45) is 1.96. The molecule has 2 nitrogen and oxygen atoms in total. The molecule has 0 aliphatic carbocycles. The van der Waals surface area contributed by atoms with Crippen LogP contribution in [-0.2, 0) is 6.54 Å². The fourth-order valence-corrected chi connectivity index (χ4v) is 2.27. The third-order valence-corrected chi connectivity index (χ3v) is 4.12. The molecule has 1 rings (SSSR count). The number of nitrogens with one attached hydrogen (secondary N) is 1. The van der Waals surface area contributed by atoms with Crippen LogP contribution in [0.3, 0.4) is 0 Å². The summed E-state index contributed by atoms with van der Waals surface area (Å²) in [5.74, 6) is -0.401. The van der Waals surface area contributed by atoms with Crippen molar-refractivity contribution in [3.8, 4) is 0 Å². The molecule has 2 unspecified atom stereocenters. The predicted octanol–water partition coefficient (Wildman–Crippen LogP) is 2.68. The van der Waals surface area contributed by atoms with Gasteiger partial charge in [0.1, 0.15) is 5.82 Å². The van der Waals surface area contributed by atoms with E-state index in [2.05, 4.69) is 5.32 Å². The third-order valence-electron chi connectivity index (χ3n) is 2.65. The molecule has 0 aliphatic heterocycles. The highest BCUT2D eigenvalue weighted by molar-refractivity contribution is 7.99. The molecule has 0 saturated heterocycles. The lowest BCUT2D eigenvalue weighted by atomic mass is 10.2. The minimum absolute atomic E-state index is 0.129. The van der Waals surface area contributed by atoms with Gasteiger partial charge in [0.2, 0.25) is 0 Å². The maximum Gasteiger partial charge on any atom is 0.142 e. The van der Waals surface area contributed by atoms with Crippen molar-refractivity contribution in [3.63, 3.8) is 0 Å². The molecule has 1 aromatic rings. The summed E-state index contributed by atoms with van der Waals surface area (Å²) in [5.41, 5.74) is 0.844. The van der Waals surface area contributed by atoms with Gasteiger partial charge in [0.05, 0.1) is 11.6 Å². The normalized spacial score (nSPS) is 14.6. The summed E-state index contributed by atoms with van der Waals surface area (Å²) in [6.45, 7) is 2.69. The zero-order chi connectivity index (χ0) is 12.8. The summed E-state index contributed by atoms with van der Waals surface area (Å²) in [5, 5.41) is 12.7. The molecule has 0 aliphatic rings. The highest BCUT2D eigenvalue weighted by Gasteiger charge is 2.14. The van der Waals surface area contributed by atoms with Crippen LogP contribution in [0.2, 0.25) is 5.02 Å². The largest absolute Gasteiger partial charge is 0.395 e. The Labute approximate surface area is 111 Å². The first-order valence-electron chi connectivity index (χ1n) is 5.39. The molecule has 17 heavy (non-hydrogen) atoms. The first kappa shape index (κ1) is 14.8. The molecular formula is C12H17ClFNOS. The summed E-state index contributed by atoms with van der Waals surface area (Å²) in [6, 6.07) is 4.93. The van der Waals surface area contributed by atoms with Gasteiger partial charge in [0.25, 0.3) is 0 Å². The molecule has 2 atom stereocenters. The standard InChI is InChI=1S/C12H17ClFNOS/c1-8(12(7-16)17-2)15-6-9-3-4-10(13)11(14)5-9/h3-5,8,12,15-16H,6-7H2,1-2H3. The van der Waals surface area contributed by atoms with Crippen molar-refractivity contribution in [3.05, 3.63) is 34.6 Å². The molecule has 0 bridgehead atoms. The van der Waals surface area contributed by atoms with E-state index in [4.69, 9.17) is 16.7 Å². The van der Waals surface area contributed by atoms with E-state index in [1.807, 2.05) is 13.2 Å². The second-order valence-electron chi connectivity index (χ2n) is 3.87. The summed E-state index contributed by atoms with van der Waals surface area (Å²) >= 11 is 7.22. The zero-order valence-corrected chi connectivity index (χ0v) is 11.5. The summed E-state index contributed by atoms with van der Waals surface area (Å²) < 4.78 is 13.2.